The number of ether oxygens (including phenoxy) is 1. The van der Waals surface area contributed by atoms with Crippen molar-refractivity contribution in [2.24, 2.45) is 0 Å². The summed E-state index contributed by atoms with van der Waals surface area (Å²) >= 11 is 3.29. The van der Waals surface area contributed by atoms with Crippen LogP contribution in [0.5, 0.6) is 5.75 Å². The zero-order chi connectivity index (χ0) is 20.8. The Hall–Kier alpha value is -3.07. The second kappa shape index (κ2) is 9.62. The Labute approximate surface area is 185 Å². The largest absolute Gasteiger partial charge is 0.497 e. The first-order valence-corrected chi connectivity index (χ1v) is 11.4. The van der Waals surface area contributed by atoms with E-state index < -0.39 is 0 Å². The topological polar surface area (TPSA) is 45.9 Å². The molecular weight excluding hydrogens is 408 g/mol. The van der Waals surface area contributed by atoms with Gasteiger partial charge in [0.25, 0.3) is 0 Å². The summed E-state index contributed by atoms with van der Waals surface area (Å²) in [7, 11) is 1.65. The van der Waals surface area contributed by atoms with Crippen molar-refractivity contribution in [1.29, 1.82) is 5.26 Å². The van der Waals surface area contributed by atoms with Crippen LogP contribution in [0.4, 0.5) is 0 Å². The number of benzene rings is 2. The van der Waals surface area contributed by atoms with E-state index in [1.54, 1.807) is 30.2 Å². The van der Waals surface area contributed by atoms with Gasteiger partial charge in [0.05, 0.1) is 23.2 Å². The molecule has 0 amide bonds. The van der Waals surface area contributed by atoms with E-state index in [-0.39, 0.29) is 0 Å². The minimum atomic E-state index is 0.624. The van der Waals surface area contributed by atoms with Crippen LogP contribution in [0.15, 0.2) is 83.2 Å². The smallest absolute Gasteiger partial charge is 0.118 e. The van der Waals surface area contributed by atoms with Crippen molar-refractivity contribution in [3.8, 4) is 33.5 Å². The molecule has 148 valence electrons. The number of methoxy groups -OCH3 is 1. The van der Waals surface area contributed by atoms with Gasteiger partial charge in [-0.2, -0.15) is 5.26 Å². The van der Waals surface area contributed by atoms with Crippen LogP contribution < -0.4 is 4.74 Å². The highest BCUT2D eigenvalue weighted by Gasteiger charge is 2.16. The van der Waals surface area contributed by atoms with Crippen LogP contribution in [0.1, 0.15) is 11.1 Å². The van der Waals surface area contributed by atoms with Gasteiger partial charge in [-0.15, -0.1) is 23.1 Å². The summed E-state index contributed by atoms with van der Waals surface area (Å²) in [5.41, 5.74) is 4.70. The fourth-order valence-corrected chi connectivity index (χ4v) is 4.87. The van der Waals surface area contributed by atoms with E-state index in [1.807, 2.05) is 47.8 Å². The maximum Gasteiger partial charge on any atom is 0.118 e. The molecule has 0 aliphatic carbocycles. The van der Waals surface area contributed by atoms with Gasteiger partial charge in [0.1, 0.15) is 16.8 Å². The van der Waals surface area contributed by atoms with Gasteiger partial charge >= 0.3 is 0 Å². The third-order valence-corrected chi connectivity index (χ3v) is 6.61. The maximum absolute atomic E-state index is 9.97. The van der Waals surface area contributed by atoms with Crippen molar-refractivity contribution in [3.63, 3.8) is 0 Å². The lowest BCUT2D eigenvalue weighted by Gasteiger charge is -2.12. The van der Waals surface area contributed by atoms with Crippen molar-refractivity contribution in [1.82, 2.24) is 4.98 Å². The predicted octanol–water partition coefficient (Wildman–Crippen LogP) is 6.69. The summed E-state index contributed by atoms with van der Waals surface area (Å²) in [5.74, 6) is 1.66. The molecule has 0 spiro atoms. The molecule has 0 saturated carbocycles. The summed E-state index contributed by atoms with van der Waals surface area (Å²) < 4.78 is 5.28. The summed E-state index contributed by atoms with van der Waals surface area (Å²) in [6, 6.07) is 26.7. The average molecular weight is 429 g/mol. The van der Waals surface area contributed by atoms with Crippen molar-refractivity contribution >= 4 is 23.1 Å². The number of hydrogen-bond acceptors (Lipinski definition) is 5. The molecule has 4 aromatic rings. The molecule has 0 unspecified atom stereocenters. The molecule has 30 heavy (non-hydrogen) atoms. The third-order valence-electron chi connectivity index (χ3n) is 4.75. The molecule has 5 heteroatoms. The van der Waals surface area contributed by atoms with E-state index in [1.165, 1.54) is 5.56 Å². The highest BCUT2D eigenvalue weighted by Crippen LogP contribution is 2.36. The van der Waals surface area contributed by atoms with E-state index in [9.17, 15) is 5.26 Å². The monoisotopic (exact) mass is 428 g/mol. The molecule has 0 aliphatic heterocycles. The van der Waals surface area contributed by atoms with Crippen molar-refractivity contribution in [3.05, 3.63) is 89.3 Å². The minimum absolute atomic E-state index is 0.624. The summed E-state index contributed by atoms with van der Waals surface area (Å²) in [4.78, 5) is 5.96. The number of pyridine rings is 1. The van der Waals surface area contributed by atoms with Gasteiger partial charge in [-0.25, -0.2) is 4.98 Å². The highest BCUT2D eigenvalue weighted by molar-refractivity contribution is 7.99. The second-order valence-corrected chi connectivity index (χ2v) is 8.67. The van der Waals surface area contributed by atoms with Crippen LogP contribution >= 0.6 is 23.1 Å². The molecule has 0 aliphatic rings. The zero-order valence-electron chi connectivity index (χ0n) is 16.5. The van der Waals surface area contributed by atoms with Crippen LogP contribution in [-0.4, -0.2) is 17.8 Å². The Morgan fingerprint density at radius 2 is 1.83 bits per heavy atom. The number of aryl methyl sites for hydroxylation is 1. The molecule has 0 bridgehead atoms. The number of aromatic nitrogens is 1. The lowest BCUT2D eigenvalue weighted by atomic mass is 10.0. The molecule has 0 radical (unpaired) electrons. The van der Waals surface area contributed by atoms with Gasteiger partial charge in [0, 0.05) is 11.3 Å². The molecule has 2 aromatic heterocycles. The molecule has 0 saturated heterocycles. The molecule has 0 N–H and O–H groups in total. The molecule has 3 nitrogen and oxygen atoms in total. The van der Waals surface area contributed by atoms with Crippen LogP contribution in [0.25, 0.3) is 21.7 Å². The van der Waals surface area contributed by atoms with Crippen LogP contribution in [0.3, 0.4) is 0 Å². The zero-order valence-corrected chi connectivity index (χ0v) is 18.2. The van der Waals surface area contributed by atoms with E-state index in [4.69, 9.17) is 9.72 Å². The normalized spacial score (nSPS) is 10.5. The number of thiophene rings is 1. The predicted molar refractivity (Wildman–Crippen MR) is 125 cm³/mol. The van der Waals surface area contributed by atoms with Gasteiger partial charge in [-0.05, 0) is 47.2 Å². The standard InChI is InChI=1S/C25H20N2OS2/c1-28-20-11-9-19(10-12-20)21-16-23(24-8-5-14-29-24)27-25(22(21)17-26)30-15-13-18-6-3-2-4-7-18/h2-12,14,16H,13,15H2,1H3. The van der Waals surface area contributed by atoms with Crippen molar-refractivity contribution < 1.29 is 4.74 Å². The second-order valence-electron chi connectivity index (χ2n) is 6.64. The van der Waals surface area contributed by atoms with Crippen LogP contribution in [-0.2, 0) is 6.42 Å². The first kappa shape index (κ1) is 20.2. The fourth-order valence-electron chi connectivity index (χ4n) is 3.19. The molecule has 4 rings (SSSR count). The maximum atomic E-state index is 9.97. The third kappa shape index (κ3) is 4.56. The van der Waals surface area contributed by atoms with Gasteiger partial charge in [0.2, 0.25) is 0 Å². The van der Waals surface area contributed by atoms with Gasteiger partial charge < -0.3 is 4.74 Å². The summed E-state index contributed by atoms with van der Waals surface area (Å²) in [5, 5.41) is 12.8. The van der Waals surface area contributed by atoms with Crippen molar-refractivity contribution in [2.75, 3.05) is 12.9 Å². The van der Waals surface area contributed by atoms with E-state index in [2.05, 4.69) is 36.4 Å². The lowest BCUT2D eigenvalue weighted by Crippen LogP contribution is -1.97. The van der Waals surface area contributed by atoms with E-state index in [0.29, 0.717) is 5.56 Å². The first-order chi connectivity index (χ1) is 14.8. The SMILES string of the molecule is COc1ccc(-c2cc(-c3cccs3)nc(SCCc3ccccc3)c2C#N)cc1. The Kier molecular flexibility index (Phi) is 6.48. The Bertz CT molecular complexity index is 1150. The highest BCUT2D eigenvalue weighted by atomic mass is 32.2. The first-order valence-electron chi connectivity index (χ1n) is 9.58. The summed E-state index contributed by atoms with van der Waals surface area (Å²) in [6.45, 7) is 0. The number of thioether (sulfide) groups is 1. The van der Waals surface area contributed by atoms with Gasteiger partial charge in [-0.3, -0.25) is 0 Å². The Balaban J connectivity index is 1.71. The summed E-state index contributed by atoms with van der Waals surface area (Å²) in [6.07, 6.45) is 0.930. The average Bonchev–Trinajstić information content (AvgIpc) is 3.34. The minimum Gasteiger partial charge on any atom is -0.497 e. The molecule has 2 aromatic carbocycles. The van der Waals surface area contributed by atoms with Crippen LogP contribution in [0.2, 0.25) is 0 Å². The van der Waals surface area contributed by atoms with Crippen molar-refractivity contribution in [2.45, 2.75) is 11.4 Å². The molecular formula is C25H20N2OS2. The Morgan fingerprint density at radius 3 is 2.50 bits per heavy atom. The fraction of sp³-hybridized carbons (Fsp3) is 0.120. The molecule has 0 atom stereocenters. The van der Waals surface area contributed by atoms with E-state index >= 15 is 0 Å². The quantitative estimate of drug-likeness (QED) is 0.308. The number of nitriles is 1. The molecule has 0 fully saturated rings. The Morgan fingerprint density at radius 1 is 1.03 bits per heavy atom. The number of rotatable bonds is 7. The number of hydrogen-bond donors (Lipinski definition) is 0. The van der Waals surface area contributed by atoms with E-state index in [0.717, 1.165) is 44.6 Å². The van der Waals surface area contributed by atoms with Gasteiger partial charge in [-0.1, -0.05) is 48.5 Å². The van der Waals surface area contributed by atoms with Crippen LogP contribution in [0, 0.1) is 11.3 Å². The number of nitrogens with zero attached hydrogens (tertiary/aromatic N) is 2. The lowest BCUT2D eigenvalue weighted by molar-refractivity contribution is 0.415. The molecule has 2 heterocycles. The van der Waals surface area contributed by atoms with Gasteiger partial charge in [0.15, 0.2) is 0 Å².